The van der Waals surface area contributed by atoms with Crippen LogP contribution >= 0.6 is 0 Å². The fourth-order valence-corrected chi connectivity index (χ4v) is 4.49. The Kier molecular flexibility index (Phi) is 6.81. The van der Waals surface area contributed by atoms with Crippen molar-refractivity contribution in [3.63, 3.8) is 0 Å². The summed E-state index contributed by atoms with van der Waals surface area (Å²) in [6.07, 6.45) is -5.18. The van der Waals surface area contributed by atoms with Crippen molar-refractivity contribution < 1.29 is 37.4 Å². The molecule has 0 bridgehead atoms. The number of amides is 2. The summed E-state index contributed by atoms with van der Waals surface area (Å²) in [6, 6.07) is 12.8. The molecule has 2 aliphatic rings. The maximum Gasteiger partial charge on any atom is 0.409 e. The third kappa shape index (κ3) is 5.47. The van der Waals surface area contributed by atoms with Crippen LogP contribution in [-0.4, -0.2) is 47.9 Å². The molecule has 2 aromatic carbocycles. The first kappa shape index (κ1) is 24.3. The maximum absolute atomic E-state index is 13.0. The molecule has 2 aliphatic carbocycles. The van der Waals surface area contributed by atoms with Gasteiger partial charge in [-0.2, -0.15) is 13.2 Å². The van der Waals surface area contributed by atoms with Crippen LogP contribution in [0, 0.1) is 0 Å². The lowest BCUT2D eigenvalue weighted by Gasteiger charge is -2.20. The van der Waals surface area contributed by atoms with E-state index in [2.05, 4.69) is 5.32 Å². The Morgan fingerprint density at radius 2 is 1.63 bits per heavy atom. The summed E-state index contributed by atoms with van der Waals surface area (Å²) < 4.78 is 44.5. The first-order valence-electron chi connectivity index (χ1n) is 11.0. The molecule has 0 saturated carbocycles. The molecule has 0 aromatic heterocycles. The van der Waals surface area contributed by atoms with Gasteiger partial charge in [0.15, 0.2) is 0 Å². The minimum atomic E-state index is -4.90. The van der Waals surface area contributed by atoms with E-state index < -0.39 is 42.7 Å². The largest absolute Gasteiger partial charge is 0.481 e. The van der Waals surface area contributed by atoms with Gasteiger partial charge in [0.2, 0.25) is 5.91 Å². The normalized spacial score (nSPS) is 17.7. The van der Waals surface area contributed by atoms with Crippen molar-refractivity contribution in [1.29, 1.82) is 0 Å². The third-order valence-electron chi connectivity index (χ3n) is 6.15. The van der Waals surface area contributed by atoms with E-state index in [1.807, 2.05) is 48.5 Å². The number of fused-ring (bicyclic) bond motifs is 3. The average molecular weight is 488 g/mol. The summed E-state index contributed by atoms with van der Waals surface area (Å²) in [5, 5.41) is 13.0. The lowest BCUT2D eigenvalue weighted by molar-refractivity contribution is -0.169. The highest BCUT2D eigenvalue weighted by molar-refractivity contribution is 5.94. The van der Waals surface area contributed by atoms with Crippen LogP contribution < -0.4 is 10.6 Å². The number of carboxylic acid groups (broad SMARTS) is 1. The van der Waals surface area contributed by atoms with Gasteiger partial charge in [0.05, 0.1) is 6.42 Å². The molecule has 3 N–H and O–H groups in total. The highest BCUT2D eigenvalue weighted by atomic mass is 19.4. The first-order valence-corrected chi connectivity index (χ1v) is 11.0. The fourth-order valence-electron chi connectivity index (χ4n) is 4.49. The number of nitrogens with one attached hydrogen (secondary N) is 2. The van der Waals surface area contributed by atoms with Crippen molar-refractivity contribution in [2.45, 2.75) is 43.4 Å². The number of ether oxygens (including phenoxy) is 1. The molecule has 0 saturated heterocycles. The van der Waals surface area contributed by atoms with Crippen LogP contribution in [0.5, 0.6) is 0 Å². The van der Waals surface area contributed by atoms with Crippen molar-refractivity contribution in [3.8, 4) is 11.1 Å². The molecule has 2 amide bonds. The molecule has 2 unspecified atom stereocenters. The van der Waals surface area contributed by atoms with E-state index in [-0.39, 0.29) is 30.9 Å². The number of rotatable bonds is 7. The highest BCUT2D eigenvalue weighted by Gasteiger charge is 2.42. The van der Waals surface area contributed by atoms with Crippen LogP contribution in [0.4, 0.5) is 18.0 Å². The zero-order valence-corrected chi connectivity index (χ0v) is 18.5. The Morgan fingerprint density at radius 1 is 1.03 bits per heavy atom. The average Bonchev–Trinajstić information content (AvgIpc) is 3.39. The molecule has 0 heterocycles. The van der Waals surface area contributed by atoms with Gasteiger partial charge in [-0.15, -0.1) is 0 Å². The molecule has 184 valence electrons. The quantitative estimate of drug-likeness (QED) is 0.544. The van der Waals surface area contributed by atoms with E-state index in [9.17, 15) is 27.6 Å². The van der Waals surface area contributed by atoms with E-state index in [0.717, 1.165) is 22.3 Å². The maximum atomic E-state index is 13.0. The second-order valence-corrected chi connectivity index (χ2v) is 8.50. The number of carboxylic acids is 1. The van der Waals surface area contributed by atoms with Gasteiger partial charge >= 0.3 is 18.2 Å². The van der Waals surface area contributed by atoms with Gasteiger partial charge in [0, 0.05) is 17.5 Å². The zero-order valence-electron chi connectivity index (χ0n) is 18.5. The number of halogens is 3. The lowest BCUT2D eigenvalue weighted by atomic mass is 9.98. The molecule has 2 aromatic rings. The van der Waals surface area contributed by atoms with E-state index in [0.29, 0.717) is 0 Å². The van der Waals surface area contributed by atoms with E-state index in [1.54, 1.807) is 5.32 Å². The topological polar surface area (TPSA) is 105 Å². The van der Waals surface area contributed by atoms with Gasteiger partial charge in [-0.1, -0.05) is 54.6 Å². The summed E-state index contributed by atoms with van der Waals surface area (Å²) >= 11 is 0. The number of hydrogen-bond donors (Lipinski definition) is 3. The van der Waals surface area contributed by atoms with E-state index in [1.165, 1.54) is 6.08 Å². The third-order valence-corrected chi connectivity index (χ3v) is 6.15. The Labute approximate surface area is 199 Å². The van der Waals surface area contributed by atoms with Crippen LogP contribution in [0.1, 0.15) is 36.3 Å². The molecule has 4 rings (SSSR count). The summed E-state index contributed by atoms with van der Waals surface area (Å²) in [7, 11) is 0. The molecular weight excluding hydrogens is 465 g/mol. The zero-order chi connectivity index (χ0) is 25.2. The van der Waals surface area contributed by atoms with Crippen molar-refractivity contribution in [2.24, 2.45) is 0 Å². The first-order chi connectivity index (χ1) is 16.6. The predicted octanol–water partition coefficient (Wildman–Crippen LogP) is 4.14. The molecular formula is C25H23F3N2O5. The monoisotopic (exact) mass is 488 g/mol. The van der Waals surface area contributed by atoms with Gasteiger partial charge in [0.1, 0.15) is 12.6 Å². The number of aliphatic carboxylic acids is 1. The van der Waals surface area contributed by atoms with Crippen LogP contribution in [-0.2, 0) is 14.3 Å². The van der Waals surface area contributed by atoms with Crippen molar-refractivity contribution in [3.05, 3.63) is 71.3 Å². The molecule has 35 heavy (non-hydrogen) atoms. The van der Waals surface area contributed by atoms with Gasteiger partial charge in [-0.25, -0.2) is 4.79 Å². The second kappa shape index (κ2) is 9.81. The van der Waals surface area contributed by atoms with Crippen LogP contribution in [0.3, 0.4) is 0 Å². The smallest absolute Gasteiger partial charge is 0.409 e. The summed E-state index contributed by atoms with van der Waals surface area (Å²) in [5.74, 6) is -2.81. The van der Waals surface area contributed by atoms with Gasteiger partial charge in [0.25, 0.3) is 0 Å². The Hall–Kier alpha value is -3.82. The number of carbonyl (C=O) groups excluding carboxylic acids is 2. The number of hydrogen-bond acceptors (Lipinski definition) is 4. The molecule has 0 fully saturated rings. The van der Waals surface area contributed by atoms with Crippen LogP contribution in [0.15, 0.2) is 60.2 Å². The number of alkyl halides is 3. The Morgan fingerprint density at radius 3 is 2.20 bits per heavy atom. The fraction of sp³-hybridized carbons (Fsp3) is 0.320. The Bertz CT molecular complexity index is 1130. The van der Waals surface area contributed by atoms with Gasteiger partial charge in [-0.05, 0) is 35.1 Å². The molecule has 0 radical (unpaired) electrons. The molecule has 2 atom stereocenters. The minimum absolute atomic E-state index is 0.00762. The van der Waals surface area contributed by atoms with E-state index >= 15 is 0 Å². The van der Waals surface area contributed by atoms with Crippen LogP contribution in [0.2, 0.25) is 0 Å². The van der Waals surface area contributed by atoms with Crippen molar-refractivity contribution >= 4 is 18.0 Å². The summed E-state index contributed by atoms with van der Waals surface area (Å²) in [4.78, 5) is 35.3. The van der Waals surface area contributed by atoms with E-state index in [4.69, 9.17) is 9.84 Å². The van der Waals surface area contributed by atoms with Crippen LogP contribution in [0.25, 0.3) is 11.1 Å². The number of alkyl carbamates (subject to hydrolysis) is 1. The van der Waals surface area contributed by atoms with Gasteiger partial charge in [-0.3, -0.25) is 9.59 Å². The van der Waals surface area contributed by atoms with Crippen molar-refractivity contribution in [1.82, 2.24) is 10.6 Å². The summed E-state index contributed by atoms with van der Waals surface area (Å²) in [6.45, 7) is 0.107. The van der Waals surface area contributed by atoms with Gasteiger partial charge < -0.3 is 20.5 Å². The van der Waals surface area contributed by atoms with Crippen molar-refractivity contribution in [2.75, 3.05) is 6.61 Å². The lowest BCUT2D eigenvalue weighted by Crippen LogP contribution is -2.47. The second-order valence-electron chi connectivity index (χ2n) is 8.50. The molecule has 0 spiro atoms. The molecule has 7 nitrogen and oxygen atoms in total. The predicted molar refractivity (Wildman–Crippen MR) is 120 cm³/mol. The minimum Gasteiger partial charge on any atom is -0.481 e. The SMILES string of the molecule is O=C(O)CC(NC(=O)C1=CCC(NC(=O)OCC2c3ccccc3-c3ccccc32)C1)C(F)(F)F. The molecule has 0 aliphatic heterocycles. The molecule has 10 heteroatoms. The summed E-state index contributed by atoms with van der Waals surface area (Å²) in [5.41, 5.74) is 4.35. The highest BCUT2D eigenvalue weighted by Crippen LogP contribution is 2.44. The number of carbonyl (C=O) groups is 3. The Balaban J connectivity index is 1.30. The number of benzene rings is 2. The standard InChI is InChI=1S/C25H23F3N2O5/c26-25(27,28)21(12-22(31)32)30-23(33)14-9-10-15(11-14)29-24(34)35-13-20-18-7-3-1-5-16(18)17-6-2-4-8-19(17)20/h1-9,15,20-21H,10-13H2,(H,29,34)(H,30,33)(H,31,32).